The number of likely N-dealkylation sites (N-methyl/N-ethyl adjacent to an activating group) is 1. The molecule has 0 radical (unpaired) electrons. The number of nitrogens with zero attached hydrogens (tertiary/aromatic N) is 2. The van der Waals surface area contributed by atoms with Crippen LogP contribution in [0.4, 0.5) is 0 Å². The second-order valence-electron chi connectivity index (χ2n) is 6.72. The maximum absolute atomic E-state index is 12.9. The van der Waals surface area contributed by atoms with Gasteiger partial charge in [-0.05, 0) is 52.4 Å². The summed E-state index contributed by atoms with van der Waals surface area (Å²) in [5.74, 6) is 2.06. The summed E-state index contributed by atoms with van der Waals surface area (Å²) >= 11 is 0. The fraction of sp³-hybridized carbons (Fsp3) is 0.611. The van der Waals surface area contributed by atoms with E-state index in [1.165, 1.54) is 6.42 Å². The predicted molar refractivity (Wildman–Crippen MR) is 90.6 cm³/mol. The van der Waals surface area contributed by atoms with Crippen molar-refractivity contribution in [1.82, 2.24) is 9.80 Å². The first-order valence-corrected chi connectivity index (χ1v) is 8.56. The highest BCUT2D eigenvalue weighted by Gasteiger charge is 2.31. The van der Waals surface area contributed by atoms with Gasteiger partial charge in [-0.2, -0.15) is 0 Å². The van der Waals surface area contributed by atoms with Crippen LogP contribution >= 0.6 is 0 Å². The van der Waals surface area contributed by atoms with Crippen LogP contribution in [-0.4, -0.2) is 61.8 Å². The minimum atomic E-state index is -0.520. The van der Waals surface area contributed by atoms with Crippen molar-refractivity contribution < 1.29 is 19.0 Å². The SMILES string of the molecule is CC(Oc1ccc2c(c1)OCO2)C(=O)N1CCCCC1CN(C)C. The molecular formula is C18H26N2O4. The Labute approximate surface area is 143 Å². The van der Waals surface area contributed by atoms with Crippen molar-refractivity contribution in [2.45, 2.75) is 38.3 Å². The van der Waals surface area contributed by atoms with E-state index in [0.717, 1.165) is 25.9 Å². The van der Waals surface area contributed by atoms with Gasteiger partial charge >= 0.3 is 0 Å². The molecule has 0 aromatic heterocycles. The Hall–Kier alpha value is -1.95. The number of likely N-dealkylation sites (tertiary alicyclic amines) is 1. The molecule has 24 heavy (non-hydrogen) atoms. The highest BCUT2D eigenvalue weighted by atomic mass is 16.7. The summed E-state index contributed by atoms with van der Waals surface area (Å²) in [5.41, 5.74) is 0. The highest BCUT2D eigenvalue weighted by molar-refractivity contribution is 5.81. The van der Waals surface area contributed by atoms with Gasteiger partial charge in [0.25, 0.3) is 5.91 Å². The summed E-state index contributed by atoms with van der Waals surface area (Å²) in [7, 11) is 4.09. The van der Waals surface area contributed by atoms with Gasteiger partial charge in [0.05, 0.1) is 0 Å². The Kier molecular flexibility index (Phi) is 5.14. The van der Waals surface area contributed by atoms with Crippen molar-refractivity contribution in [1.29, 1.82) is 0 Å². The molecule has 0 aliphatic carbocycles. The summed E-state index contributed by atoms with van der Waals surface area (Å²) in [5, 5.41) is 0. The van der Waals surface area contributed by atoms with Crippen LogP contribution in [0.25, 0.3) is 0 Å². The first kappa shape index (κ1) is 16.9. The molecule has 1 aromatic carbocycles. The summed E-state index contributed by atoms with van der Waals surface area (Å²) in [6.45, 7) is 3.75. The molecule has 1 fully saturated rings. The number of hydrogen-bond acceptors (Lipinski definition) is 5. The number of piperidine rings is 1. The minimum Gasteiger partial charge on any atom is -0.481 e. The Bertz CT molecular complexity index is 590. The summed E-state index contributed by atoms with van der Waals surface area (Å²) in [6.07, 6.45) is 2.78. The molecule has 1 aromatic rings. The average molecular weight is 334 g/mol. The van der Waals surface area contributed by atoms with Crippen LogP contribution in [0.3, 0.4) is 0 Å². The zero-order chi connectivity index (χ0) is 17.1. The Morgan fingerprint density at radius 2 is 2.12 bits per heavy atom. The van der Waals surface area contributed by atoms with Gasteiger partial charge in [0, 0.05) is 25.2 Å². The lowest BCUT2D eigenvalue weighted by Gasteiger charge is -2.38. The number of benzene rings is 1. The van der Waals surface area contributed by atoms with Crippen LogP contribution in [0.15, 0.2) is 18.2 Å². The third-order valence-electron chi connectivity index (χ3n) is 4.49. The third kappa shape index (κ3) is 3.75. The lowest BCUT2D eigenvalue weighted by atomic mass is 10.0. The third-order valence-corrected chi connectivity index (χ3v) is 4.49. The van der Waals surface area contributed by atoms with Crippen molar-refractivity contribution in [3.8, 4) is 17.2 Å². The van der Waals surface area contributed by atoms with Gasteiger partial charge < -0.3 is 24.0 Å². The molecule has 6 nitrogen and oxygen atoms in total. The molecule has 3 rings (SSSR count). The van der Waals surface area contributed by atoms with E-state index in [2.05, 4.69) is 4.90 Å². The standard InChI is InChI=1S/C18H26N2O4/c1-13(24-15-7-8-16-17(10-15)23-12-22-16)18(21)20-9-5-4-6-14(20)11-19(2)3/h7-8,10,13-14H,4-6,9,11-12H2,1-3H3. The molecule has 0 spiro atoms. The van der Waals surface area contributed by atoms with Gasteiger partial charge in [-0.15, -0.1) is 0 Å². The second-order valence-corrected chi connectivity index (χ2v) is 6.72. The monoisotopic (exact) mass is 334 g/mol. The fourth-order valence-corrected chi connectivity index (χ4v) is 3.34. The quantitative estimate of drug-likeness (QED) is 0.826. The Morgan fingerprint density at radius 3 is 2.92 bits per heavy atom. The van der Waals surface area contributed by atoms with E-state index >= 15 is 0 Å². The number of hydrogen-bond donors (Lipinski definition) is 0. The number of carbonyl (C=O) groups excluding carboxylic acids is 1. The van der Waals surface area contributed by atoms with Crippen LogP contribution in [0.2, 0.25) is 0 Å². The summed E-state index contributed by atoms with van der Waals surface area (Å²) < 4.78 is 16.5. The zero-order valence-electron chi connectivity index (χ0n) is 14.7. The van der Waals surface area contributed by atoms with Crippen LogP contribution in [0.1, 0.15) is 26.2 Å². The van der Waals surface area contributed by atoms with Crippen LogP contribution in [0, 0.1) is 0 Å². The number of rotatable bonds is 5. The molecule has 2 atom stereocenters. The van der Waals surface area contributed by atoms with E-state index in [4.69, 9.17) is 14.2 Å². The van der Waals surface area contributed by atoms with E-state index in [1.54, 1.807) is 6.07 Å². The lowest BCUT2D eigenvalue weighted by Crippen LogP contribution is -2.52. The molecule has 6 heteroatoms. The normalized spacial score (nSPS) is 21.0. The predicted octanol–water partition coefficient (Wildman–Crippen LogP) is 2.13. The van der Waals surface area contributed by atoms with Crippen LogP contribution in [-0.2, 0) is 4.79 Å². The van der Waals surface area contributed by atoms with Crippen molar-refractivity contribution in [2.75, 3.05) is 34.0 Å². The Morgan fingerprint density at radius 1 is 1.33 bits per heavy atom. The first-order valence-electron chi connectivity index (χ1n) is 8.56. The second kappa shape index (κ2) is 7.30. The lowest BCUT2D eigenvalue weighted by molar-refractivity contribution is -0.142. The molecule has 1 amide bonds. The maximum Gasteiger partial charge on any atom is 0.263 e. The number of fused-ring (bicyclic) bond motifs is 1. The van der Waals surface area contributed by atoms with Crippen molar-refractivity contribution in [2.24, 2.45) is 0 Å². The summed E-state index contributed by atoms with van der Waals surface area (Å²) in [4.78, 5) is 17.0. The van der Waals surface area contributed by atoms with Crippen LogP contribution < -0.4 is 14.2 Å². The molecule has 2 aliphatic rings. The molecular weight excluding hydrogens is 308 g/mol. The van der Waals surface area contributed by atoms with E-state index in [1.807, 2.05) is 38.1 Å². The maximum atomic E-state index is 12.9. The van der Waals surface area contributed by atoms with Gasteiger partial charge in [-0.25, -0.2) is 0 Å². The van der Waals surface area contributed by atoms with Crippen molar-refractivity contribution in [3.05, 3.63) is 18.2 Å². The number of ether oxygens (including phenoxy) is 3. The molecule has 0 N–H and O–H groups in total. The van der Waals surface area contributed by atoms with Gasteiger partial charge in [-0.1, -0.05) is 0 Å². The van der Waals surface area contributed by atoms with E-state index in [0.29, 0.717) is 17.2 Å². The van der Waals surface area contributed by atoms with E-state index in [-0.39, 0.29) is 18.7 Å². The van der Waals surface area contributed by atoms with Gasteiger partial charge in [0.15, 0.2) is 17.6 Å². The first-order chi connectivity index (χ1) is 11.5. The number of amides is 1. The average Bonchev–Trinajstić information content (AvgIpc) is 3.02. The molecule has 2 heterocycles. The van der Waals surface area contributed by atoms with Gasteiger partial charge in [0.2, 0.25) is 6.79 Å². The van der Waals surface area contributed by atoms with Crippen LogP contribution in [0.5, 0.6) is 17.2 Å². The smallest absolute Gasteiger partial charge is 0.263 e. The molecule has 1 saturated heterocycles. The van der Waals surface area contributed by atoms with E-state index in [9.17, 15) is 4.79 Å². The zero-order valence-corrected chi connectivity index (χ0v) is 14.7. The molecule has 0 saturated carbocycles. The van der Waals surface area contributed by atoms with E-state index < -0.39 is 6.10 Å². The summed E-state index contributed by atoms with van der Waals surface area (Å²) in [6, 6.07) is 5.67. The highest BCUT2D eigenvalue weighted by Crippen LogP contribution is 2.35. The largest absolute Gasteiger partial charge is 0.481 e. The Balaban J connectivity index is 1.64. The van der Waals surface area contributed by atoms with Gasteiger partial charge in [-0.3, -0.25) is 4.79 Å². The molecule has 132 valence electrons. The topological polar surface area (TPSA) is 51.2 Å². The molecule has 2 aliphatic heterocycles. The molecule has 0 bridgehead atoms. The fourth-order valence-electron chi connectivity index (χ4n) is 3.34. The van der Waals surface area contributed by atoms with Crippen molar-refractivity contribution in [3.63, 3.8) is 0 Å². The minimum absolute atomic E-state index is 0.0548. The van der Waals surface area contributed by atoms with Crippen molar-refractivity contribution >= 4 is 5.91 Å². The number of carbonyl (C=O) groups is 1. The molecule has 2 unspecified atom stereocenters. The van der Waals surface area contributed by atoms with Gasteiger partial charge in [0.1, 0.15) is 5.75 Å².